The Morgan fingerprint density at radius 2 is 1.86 bits per heavy atom. The number of anilines is 1. The third kappa shape index (κ3) is 3.71. The number of piperazine rings is 1. The van der Waals surface area contributed by atoms with Crippen molar-refractivity contribution in [3.05, 3.63) is 24.3 Å². The molecule has 120 valence electrons. The quantitative estimate of drug-likeness (QED) is 0.930. The number of ether oxygens (including phenoxy) is 1. The highest BCUT2D eigenvalue weighted by molar-refractivity contribution is 5.91. The number of nitrogens with one attached hydrogen (secondary N) is 1. The van der Waals surface area contributed by atoms with Crippen LogP contribution >= 0.6 is 0 Å². The fourth-order valence-corrected chi connectivity index (χ4v) is 2.85. The lowest BCUT2D eigenvalue weighted by Gasteiger charge is -2.34. The first-order chi connectivity index (χ1) is 10.6. The Bertz CT molecular complexity index is 520. The lowest BCUT2D eigenvalue weighted by molar-refractivity contribution is 0.142. The van der Waals surface area contributed by atoms with Gasteiger partial charge in [0.2, 0.25) is 0 Å². The van der Waals surface area contributed by atoms with E-state index in [1.807, 2.05) is 43.0 Å². The van der Waals surface area contributed by atoms with Crippen LogP contribution in [0.5, 0.6) is 5.75 Å². The Kier molecular flexibility index (Phi) is 4.52. The maximum absolute atomic E-state index is 12.4. The molecule has 0 atom stereocenters. The average molecular weight is 303 g/mol. The molecule has 2 fully saturated rings. The van der Waals surface area contributed by atoms with E-state index in [0.717, 1.165) is 43.7 Å². The summed E-state index contributed by atoms with van der Waals surface area (Å²) >= 11 is 0. The predicted octanol–water partition coefficient (Wildman–Crippen LogP) is 2.79. The van der Waals surface area contributed by atoms with Gasteiger partial charge in [0.15, 0.2) is 0 Å². The third-order valence-electron chi connectivity index (χ3n) is 4.16. The number of nitrogens with zero attached hydrogens (tertiary/aromatic N) is 2. The molecular weight excluding hydrogens is 278 g/mol. The van der Waals surface area contributed by atoms with E-state index in [4.69, 9.17) is 4.74 Å². The van der Waals surface area contributed by atoms with E-state index in [2.05, 4.69) is 10.2 Å². The summed E-state index contributed by atoms with van der Waals surface area (Å²) in [6, 6.07) is 8.35. The molecular formula is C17H25N3O2. The minimum Gasteiger partial charge on any atom is -0.489 e. The van der Waals surface area contributed by atoms with Gasteiger partial charge in [0.05, 0.1) is 11.8 Å². The molecule has 2 aliphatic rings. The number of hydrogen-bond acceptors (Lipinski definition) is 3. The van der Waals surface area contributed by atoms with Crippen LogP contribution in [0, 0.1) is 0 Å². The van der Waals surface area contributed by atoms with E-state index in [0.29, 0.717) is 0 Å². The van der Waals surface area contributed by atoms with E-state index in [1.165, 1.54) is 12.8 Å². The predicted molar refractivity (Wildman–Crippen MR) is 87.4 cm³/mol. The highest BCUT2D eigenvalue weighted by Crippen LogP contribution is 2.28. The molecule has 0 aromatic heterocycles. The number of hydrogen-bond donors (Lipinski definition) is 1. The minimum atomic E-state index is -0.0322. The van der Waals surface area contributed by atoms with Crippen molar-refractivity contribution in [1.29, 1.82) is 0 Å². The first-order valence-corrected chi connectivity index (χ1v) is 8.19. The van der Waals surface area contributed by atoms with Gasteiger partial charge in [-0.2, -0.15) is 0 Å². The van der Waals surface area contributed by atoms with Gasteiger partial charge >= 0.3 is 6.03 Å². The van der Waals surface area contributed by atoms with Gasteiger partial charge in [-0.05, 0) is 38.8 Å². The molecule has 22 heavy (non-hydrogen) atoms. The maximum atomic E-state index is 12.4. The van der Waals surface area contributed by atoms with Crippen molar-refractivity contribution in [2.45, 2.75) is 38.8 Å². The van der Waals surface area contributed by atoms with Gasteiger partial charge in [0, 0.05) is 32.2 Å². The van der Waals surface area contributed by atoms with Crippen LogP contribution in [0.2, 0.25) is 0 Å². The number of benzene rings is 1. The number of rotatable bonds is 4. The van der Waals surface area contributed by atoms with E-state index in [9.17, 15) is 4.79 Å². The fourth-order valence-electron chi connectivity index (χ4n) is 2.85. The molecule has 0 unspecified atom stereocenters. The Labute approximate surface area is 132 Å². The molecule has 3 rings (SSSR count). The molecule has 1 aliphatic carbocycles. The third-order valence-corrected chi connectivity index (χ3v) is 4.16. The summed E-state index contributed by atoms with van der Waals surface area (Å²) in [6.07, 6.45) is 2.73. The number of carbonyl (C=O) groups is 1. The average Bonchev–Trinajstić information content (AvgIpc) is 3.33. The Balaban J connectivity index is 1.57. The summed E-state index contributed by atoms with van der Waals surface area (Å²) in [7, 11) is 0. The lowest BCUT2D eigenvalue weighted by Crippen LogP contribution is -2.50. The summed E-state index contributed by atoms with van der Waals surface area (Å²) in [6.45, 7) is 7.54. The SMILES string of the molecule is CC(C)Oc1ccccc1NC(=O)N1CCN(C2CC2)CC1. The zero-order valence-electron chi connectivity index (χ0n) is 13.4. The minimum absolute atomic E-state index is 0.0322. The van der Waals surface area contributed by atoms with Crippen molar-refractivity contribution in [3.63, 3.8) is 0 Å². The Hall–Kier alpha value is -1.75. The van der Waals surface area contributed by atoms with Crippen molar-refractivity contribution in [3.8, 4) is 5.75 Å². The van der Waals surface area contributed by atoms with Gasteiger partial charge in [-0.15, -0.1) is 0 Å². The Morgan fingerprint density at radius 3 is 2.50 bits per heavy atom. The number of carbonyl (C=O) groups excluding carboxylic acids is 1. The van der Waals surface area contributed by atoms with Gasteiger partial charge < -0.3 is 15.0 Å². The summed E-state index contributed by atoms with van der Waals surface area (Å²) in [4.78, 5) is 16.8. The monoisotopic (exact) mass is 303 g/mol. The van der Waals surface area contributed by atoms with Crippen molar-refractivity contribution in [1.82, 2.24) is 9.80 Å². The summed E-state index contributed by atoms with van der Waals surface area (Å²) in [5, 5.41) is 2.99. The highest BCUT2D eigenvalue weighted by Gasteiger charge is 2.32. The first-order valence-electron chi connectivity index (χ1n) is 8.19. The maximum Gasteiger partial charge on any atom is 0.322 e. The molecule has 5 heteroatoms. The molecule has 0 spiro atoms. The molecule has 1 saturated heterocycles. The number of para-hydroxylation sites is 2. The molecule has 1 N–H and O–H groups in total. The van der Waals surface area contributed by atoms with Crippen LogP contribution in [0.15, 0.2) is 24.3 Å². The van der Waals surface area contributed by atoms with E-state index < -0.39 is 0 Å². The summed E-state index contributed by atoms with van der Waals surface area (Å²) in [5.74, 6) is 0.725. The van der Waals surface area contributed by atoms with Crippen molar-refractivity contribution in [2.24, 2.45) is 0 Å². The number of amides is 2. The topological polar surface area (TPSA) is 44.8 Å². The van der Waals surface area contributed by atoms with Crippen LogP contribution in [0.25, 0.3) is 0 Å². The van der Waals surface area contributed by atoms with Crippen LogP contribution in [0.4, 0.5) is 10.5 Å². The largest absolute Gasteiger partial charge is 0.489 e. The molecule has 1 aliphatic heterocycles. The normalized spacial score (nSPS) is 19.3. The summed E-state index contributed by atoms with van der Waals surface area (Å²) in [5.41, 5.74) is 0.742. The molecule has 0 bridgehead atoms. The second kappa shape index (κ2) is 6.57. The first kappa shape index (κ1) is 15.2. The zero-order valence-corrected chi connectivity index (χ0v) is 13.4. The molecule has 0 radical (unpaired) electrons. The second-order valence-corrected chi connectivity index (χ2v) is 6.35. The lowest BCUT2D eigenvalue weighted by atomic mass is 10.3. The summed E-state index contributed by atoms with van der Waals surface area (Å²) < 4.78 is 5.75. The standard InChI is InChI=1S/C17H25N3O2/c1-13(2)22-16-6-4-3-5-15(16)18-17(21)20-11-9-19(10-12-20)14-7-8-14/h3-6,13-14H,7-12H2,1-2H3,(H,18,21). The van der Waals surface area contributed by atoms with Gasteiger partial charge in [0.1, 0.15) is 5.75 Å². The molecule has 5 nitrogen and oxygen atoms in total. The fraction of sp³-hybridized carbons (Fsp3) is 0.588. The van der Waals surface area contributed by atoms with Gasteiger partial charge in [0.25, 0.3) is 0 Å². The van der Waals surface area contributed by atoms with E-state index in [1.54, 1.807) is 0 Å². The molecule has 1 heterocycles. The smallest absolute Gasteiger partial charge is 0.322 e. The van der Waals surface area contributed by atoms with Gasteiger partial charge in [-0.3, -0.25) is 4.90 Å². The van der Waals surface area contributed by atoms with Gasteiger partial charge in [-0.1, -0.05) is 12.1 Å². The van der Waals surface area contributed by atoms with Crippen LogP contribution in [-0.4, -0.2) is 54.2 Å². The molecule has 1 aromatic rings. The Morgan fingerprint density at radius 1 is 1.18 bits per heavy atom. The van der Waals surface area contributed by atoms with Crippen LogP contribution < -0.4 is 10.1 Å². The zero-order chi connectivity index (χ0) is 15.5. The molecule has 1 saturated carbocycles. The number of urea groups is 1. The van der Waals surface area contributed by atoms with E-state index >= 15 is 0 Å². The second-order valence-electron chi connectivity index (χ2n) is 6.35. The van der Waals surface area contributed by atoms with Crippen molar-refractivity contribution >= 4 is 11.7 Å². The van der Waals surface area contributed by atoms with E-state index in [-0.39, 0.29) is 12.1 Å². The van der Waals surface area contributed by atoms with Crippen molar-refractivity contribution < 1.29 is 9.53 Å². The van der Waals surface area contributed by atoms with Crippen LogP contribution in [-0.2, 0) is 0 Å². The van der Waals surface area contributed by atoms with Gasteiger partial charge in [-0.25, -0.2) is 4.79 Å². The van der Waals surface area contributed by atoms with Crippen LogP contribution in [0.1, 0.15) is 26.7 Å². The van der Waals surface area contributed by atoms with Crippen LogP contribution in [0.3, 0.4) is 0 Å². The molecule has 1 aromatic carbocycles. The highest BCUT2D eigenvalue weighted by atomic mass is 16.5. The van der Waals surface area contributed by atoms with Crippen molar-refractivity contribution in [2.75, 3.05) is 31.5 Å². The molecule has 2 amide bonds.